The average Bonchev–Trinajstić information content (AvgIpc) is 2.89. The molecule has 0 radical (unpaired) electrons. The highest BCUT2D eigenvalue weighted by Crippen LogP contribution is 2.41. The van der Waals surface area contributed by atoms with Crippen LogP contribution >= 0.6 is 0 Å². The fraction of sp³-hybridized carbons (Fsp3) is 0.375. The minimum atomic E-state index is -0.225. The summed E-state index contributed by atoms with van der Waals surface area (Å²) in [6, 6.07) is 9.50. The van der Waals surface area contributed by atoms with Crippen molar-refractivity contribution in [1.82, 2.24) is 0 Å². The van der Waals surface area contributed by atoms with E-state index in [0.717, 1.165) is 27.9 Å². The number of carbonyl (C=O) groups excluding carboxylic acids is 1. The molecule has 0 spiro atoms. The zero-order valence-corrected chi connectivity index (χ0v) is 17.7. The number of ether oxygens (including phenoxy) is 1. The summed E-state index contributed by atoms with van der Waals surface area (Å²) in [7, 11) is 1.61. The van der Waals surface area contributed by atoms with Crippen molar-refractivity contribution in [3.63, 3.8) is 0 Å². The van der Waals surface area contributed by atoms with Gasteiger partial charge in [0.15, 0.2) is 0 Å². The van der Waals surface area contributed by atoms with Crippen LogP contribution in [-0.2, 0) is 15.6 Å². The molecule has 4 heteroatoms. The summed E-state index contributed by atoms with van der Waals surface area (Å²) >= 11 is 0. The Bertz CT molecular complexity index is 937. The molecule has 2 N–H and O–H groups in total. The van der Waals surface area contributed by atoms with Gasteiger partial charge in [0.25, 0.3) is 5.91 Å². The van der Waals surface area contributed by atoms with Crippen LogP contribution in [0.25, 0.3) is 11.6 Å². The van der Waals surface area contributed by atoms with Crippen LogP contribution in [0.3, 0.4) is 0 Å². The highest BCUT2D eigenvalue weighted by atomic mass is 16.5. The number of amides is 1. The molecule has 0 bridgehead atoms. The van der Waals surface area contributed by atoms with Crippen LogP contribution in [0, 0.1) is 0 Å². The third-order valence-electron chi connectivity index (χ3n) is 5.07. The number of rotatable bonds is 2. The summed E-state index contributed by atoms with van der Waals surface area (Å²) in [6.45, 7) is 12.5. The van der Waals surface area contributed by atoms with Gasteiger partial charge >= 0.3 is 0 Å². The number of phenols is 1. The number of phenolic OH excluding ortho intramolecular Hbond substituents is 1. The number of hydrogen-bond acceptors (Lipinski definition) is 3. The van der Waals surface area contributed by atoms with Crippen molar-refractivity contribution >= 4 is 23.2 Å². The standard InChI is InChI=1S/C24H29NO3/c1-23(2,3)18-11-14(12-19(21(18)26)24(4,5)6)10-17-16-13-15(28-7)8-9-20(16)25-22(17)27/h8-13,26H,1-7H3,(H,25,27)/b17-10+. The first-order valence-corrected chi connectivity index (χ1v) is 9.51. The molecule has 4 nitrogen and oxygen atoms in total. The van der Waals surface area contributed by atoms with Gasteiger partial charge in [0.1, 0.15) is 11.5 Å². The lowest BCUT2D eigenvalue weighted by Crippen LogP contribution is -2.17. The summed E-state index contributed by atoms with van der Waals surface area (Å²) in [4.78, 5) is 12.6. The number of anilines is 1. The van der Waals surface area contributed by atoms with Gasteiger partial charge < -0.3 is 15.2 Å². The Balaban J connectivity index is 2.22. The molecule has 148 valence electrons. The van der Waals surface area contributed by atoms with Crippen molar-refractivity contribution in [2.45, 2.75) is 52.4 Å². The maximum Gasteiger partial charge on any atom is 0.256 e. The molecule has 0 unspecified atom stereocenters. The summed E-state index contributed by atoms with van der Waals surface area (Å²) in [5.41, 5.74) is 4.39. The SMILES string of the molecule is COc1ccc2c(c1)/C(=C\c1cc(C(C)(C)C)c(O)c(C(C)(C)C)c1)C(=O)N2. The molecule has 1 aliphatic rings. The summed E-state index contributed by atoms with van der Waals surface area (Å²) in [5, 5.41) is 13.8. The number of benzene rings is 2. The minimum Gasteiger partial charge on any atom is -0.507 e. The number of aromatic hydroxyl groups is 1. The second-order valence-electron chi connectivity index (χ2n) is 9.39. The molecule has 3 rings (SSSR count). The van der Waals surface area contributed by atoms with Gasteiger partial charge in [0, 0.05) is 28.0 Å². The van der Waals surface area contributed by atoms with E-state index in [-0.39, 0.29) is 16.7 Å². The molecule has 0 saturated heterocycles. The Kier molecular flexibility index (Phi) is 4.78. The van der Waals surface area contributed by atoms with Gasteiger partial charge in [-0.05, 0) is 52.8 Å². The average molecular weight is 380 g/mol. The van der Waals surface area contributed by atoms with Gasteiger partial charge in [-0.2, -0.15) is 0 Å². The fourth-order valence-corrected chi connectivity index (χ4v) is 3.49. The molecule has 2 aromatic carbocycles. The van der Waals surface area contributed by atoms with E-state index >= 15 is 0 Å². The molecule has 0 aromatic heterocycles. The van der Waals surface area contributed by atoms with Crippen molar-refractivity contribution in [3.8, 4) is 11.5 Å². The van der Waals surface area contributed by atoms with Crippen LogP contribution in [0.1, 0.15) is 63.8 Å². The largest absolute Gasteiger partial charge is 0.507 e. The number of hydrogen-bond donors (Lipinski definition) is 2. The third kappa shape index (κ3) is 3.64. The van der Waals surface area contributed by atoms with Gasteiger partial charge in [-0.25, -0.2) is 0 Å². The lowest BCUT2D eigenvalue weighted by Gasteiger charge is -2.28. The van der Waals surface area contributed by atoms with Gasteiger partial charge in [0.2, 0.25) is 0 Å². The first-order valence-electron chi connectivity index (χ1n) is 9.51. The Morgan fingerprint density at radius 1 is 0.964 bits per heavy atom. The number of carbonyl (C=O) groups is 1. The van der Waals surface area contributed by atoms with Crippen LogP contribution < -0.4 is 10.1 Å². The van der Waals surface area contributed by atoms with Gasteiger partial charge in [-0.1, -0.05) is 41.5 Å². The van der Waals surface area contributed by atoms with E-state index in [9.17, 15) is 9.90 Å². The molecule has 1 aliphatic heterocycles. The topological polar surface area (TPSA) is 58.6 Å². The molecular weight excluding hydrogens is 350 g/mol. The maximum atomic E-state index is 12.6. The first kappa shape index (κ1) is 20.0. The molecular formula is C24H29NO3. The zero-order valence-electron chi connectivity index (χ0n) is 17.7. The highest BCUT2D eigenvalue weighted by Gasteiger charge is 2.28. The summed E-state index contributed by atoms with van der Waals surface area (Å²) in [6.07, 6.45) is 1.89. The van der Waals surface area contributed by atoms with E-state index in [0.29, 0.717) is 17.1 Å². The van der Waals surface area contributed by atoms with Crippen molar-refractivity contribution < 1.29 is 14.6 Å². The maximum absolute atomic E-state index is 12.6. The van der Waals surface area contributed by atoms with Gasteiger partial charge in [-0.3, -0.25) is 4.79 Å². The number of nitrogens with one attached hydrogen (secondary N) is 1. The number of methoxy groups -OCH3 is 1. The molecule has 0 fully saturated rings. The van der Waals surface area contributed by atoms with E-state index in [1.807, 2.05) is 36.4 Å². The lowest BCUT2D eigenvalue weighted by molar-refractivity contribution is -0.110. The quantitative estimate of drug-likeness (QED) is 0.679. The molecule has 2 aromatic rings. The minimum absolute atomic E-state index is 0.133. The van der Waals surface area contributed by atoms with Gasteiger partial charge in [0.05, 0.1) is 7.11 Å². The van der Waals surface area contributed by atoms with E-state index in [1.165, 1.54) is 0 Å². The van der Waals surface area contributed by atoms with Crippen LogP contribution in [-0.4, -0.2) is 18.1 Å². The Morgan fingerprint density at radius 2 is 1.54 bits per heavy atom. The zero-order chi connectivity index (χ0) is 20.9. The van der Waals surface area contributed by atoms with Crippen molar-refractivity contribution in [1.29, 1.82) is 0 Å². The Morgan fingerprint density at radius 3 is 2.04 bits per heavy atom. The second kappa shape index (κ2) is 6.69. The van der Waals surface area contributed by atoms with Crippen LogP contribution in [0.4, 0.5) is 5.69 Å². The summed E-state index contributed by atoms with van der Waals surface area (Å²) in [5.74, 6) is 0.906. The Hall–Kier alpha value is -2.75. The number of fused-ring (bicyclic) bond motifs is 1. The molecule has 0 saturated carbocycles. The van der Waals surface area contributed by atoms with E-state index in [1.54, 1.807) is 7.11 Å². The normalized spacial score (nSPS) is 15.5. The van der Waals surface area contributed by atoms with Crippen LogP contribution in [0.15, 0.2) is 30.3 Å². The van der Waals surface area contributed by atoms with E-state index < -0.39 is 0 Å². The lowest BCUT2D eigenvalue weighted by atomic mass is 9.78. The molecule has 0 atom stereocenters. The monoisotopic (exact) mass is 379 g/mol. The highest BCUT2D eigenvalue weighted by molar-refractivity contribution is 6.35. The third-order valence-corrected chi connectivity index (χ3v) is 5.07. The van der Waals surface area contributed by atoms with Crippen molar-refractivity contribution in [2.75, 3.05) is 12.4 Å². The smallest absolute Gasteiger partial charge is 0.256 e. The molecule has 0 aliphatic carbocycles. The Labute approximate surface area is 167 Å². The van der Waals surface area contributed by atoms with E-state index in [2.05, 4.69) is 46.9 Å². The molecule has 1 amide bonds. The van der Waals surface area contributed by atoms with E-state index in [4.69, 9.17) is 4.74 Å². The first-order chi connectivity index (χ1) is 12.9. The predicted octanol–water partition coefficient (Wildman–Crippen LogP) is 5.49. The van der Waals surface area contributed by atoms with Gasteiger partial charge in [-0.15, -0.1) is 0 Å². The van der Waals surface area contributed by atoms with Crippen LogP contribution in [0.2, 0.25) is 0 Å². The van der Waals surface area contributed by atoms with Crippen molar-refractivity contribution in [2.24, 2.45) is 0 Å². The predicted molar refractivity (Wildman–Crippen MR) is 115 cm³/mol. The second-order valence-corrected chi connectivity index (χ2v) is 9.39. The molecule has 28 heavy (non-hydrogen) atoms. The van der Waals surface area contributed by atoms with Crippen molar-refractivity contribution in [3.05, 3.63) is 52.6 Å². The van der Waals surface area contributed by atoms with Crippen LogP contribution in [0.5, 0.6) is 11.5 Å². The summed E-state index contributed by atoms with van der Waals surface area (Å²) < 4.78 is 5.32. The molecule has 1 heterocycles. The fourth-order valence-electron chi connectivity index (χ4n) is 3.49.